The Hall–Kier alpha value is -0.570. The molecule has 19 heavy (non-hydrogen) atoms. The minimum Gasteiger partial charge on any atom is -0.323 e. The van der Waals surface area contributed by atoms with E-state index in [1.54, 1.807) is 0 Å². The Morgan fingerprint density at radius 1 is 1.32 bits per heavy atom. The van der Waals surface area contributed by atoms with Crippen LogP contribution in [0, 0.1) is 11.3 Å². The summed E-state index contributed by atoms with van der Waals surface area (Å²) in [6.45, 7) is 11.1. The third-order valence-electron chi connectivity index (χ3n) is 4.98. The van der Waals surface area contributed by atoms with E-state index in [2.05, 4.69) is 44.8 Å². The Bertz CT molecular complexity index is 328. The number of carbonyl (C=O) groups excluding carboxylic acids is 1. The molecular formula is C16H30N2O. The van der Waals surface area contributed by atoms with Gasteiger partial charge in [-0.2, -0.15) is 0 Å². The van der Waals surface area contributed by atoms with Crippen molar-refractivity contribution in [1.82, 2.24) is 10.2 Å². The van der Waals surface area contributed by atoms with E-state index in [0.717, 1.165) is 6.42 Å². The van der Waals surface area contributed by atoms with Gasteiger partial charge >= 0.3 is 0 Å². The number of hydrogen-bond acceptors (Lipinski definition) is 2. The van der Waals surface area contributed by atoms with Gasteiger partial charge < -0.3 is 4.90 Å². The zero-order valence-corrected chi connectivity index (χ0v) is 13.2. The molecule has 1 amide bonds. The summed E-state index contributed by atoms with van der Waals surface area (Å²) in [5.74, 6) is 0.720. The molecule has 2 atom stereocenters. The van der Waals surface area contributed by atoms with Gasteiger partial charge in [-0.05, 0) is 43.4 Å². The van der Waals surface area contributed by atoms with Gasteiger partial charge in [-0.15, -0.1) is 0 Å². The normalized spacial score (nSPS) is 32.3. The van der Waals surface area contributed by atoms with E-state index < -0.39 is 0 Å². The van der Waals surface area contributed by atoms with E-state index in [1.165, 1.54) is 25.7 Å². The number of carbonyl (C=O) groups is 1. The predicted octanol–water partition coefficient (Wildman–Crippen LogP) is 3.15. The summed E-state index contributed by atoms with van der Waals surface area (Å²) in [6, 6.07) is 0.488. The molecule has 0 aromatic rings. The van der Waals surface area contributed by atoms with E-state index in [4.69, 9.17) is 0 Å². The molecule has 1 saturated carbocycles. The van der Waals surface area contributed by atoms with Crippen molar-refractivity contribution in [3.8, 4) is 0 Å². The molecule has 3 heteroatoms. The van der Waals surface area contributed by atoms with Crippen LogP contribution >= 0.6 is 0 Å². The lowest BCUT2D eigenvalue weighted by Gasteiger charge is -2.40. The van der Waals surface area contributed by atoms with Gasteiger partial charge in [-0.3, -0.25) is 10.1 Å². The molecule has 0 radical (unpaired) electrons. The fraction of sp³-hybridized carbons (Fsp3) is 0.938. The third-order valence-corrected chi connectivity index (χ3v) is 4.98. The molecule has 0 aromatic carbocycles. The van der Waals surface area contributed by atoms with E-state index in [0.29, 0.717) is 23.3 Å². The number of rotatable bonds is 3. The Morgan fingerprint density at radius 2 is 1.89 bits per heavy atom. The first-order chi connectivity index (χ1) is 8.85. The second kappa shape index (κ2) is 5.43. The van der Waals surface area contributed by atoms with Crippen molar-refractivity contribution < 1.29 is 4.79 Å². The van der Waals surface area contributed by atoms with Crippen molar-refractivity contribution in [3.05, 3.63) is 0 Å². The van der Waals surface area contributed by atoms with E-state index in [-0.39, 0.29) is 12.2 Å². The molecule has 2 unspecified atom stereocenters. The van der Waals surface area contributed by atoms with Gasteiger partial charge in [0.15, 0.2) is 0 Å². The molecule has 110 valence electrons. The first-order valence-corrected chi connectivity index (χ1v) is 7.94. The van der Waals surface area contributed by atoms with Gasteiger partial charge in [-0.25, -0.2) is 0 Å². The molecule has 1 heterocycles. The summed E-state index contributed by atoms with van der Waals surface area (Å²) in [6.07, 6.45) is 6.08. The molecule has 1 aliphatic carbocycles. The fourth-order valence-electron chi connectivity index (χ4n) is 3.56. The lowest BCUT2D eigenvalue weighted by molar-refractivity contribution is -0.134. The molecule has 1 aliphatic heterocycles. The molecule has 2 aliphatic rings. The maximum Gasteiger partial charge on any atom is 0.241 e. The van der Waals surface area contributed by atoms with Crippen LogP contribution in [0.1, 0.15) is 66.7 Å². The quantitative estimate of drug-likeness (QED) is 0.851. The summed E-state index contributed by atoms with van der Waals surface area (Å²) in [5.41, 5.74) is 0.464. The van der Waals surface area contributed by atoms with Crippen molar-refractivity contribution in [3.63, 3.8) is 0 Å². The topological polar surface area (TPSA) is 32.3 Å². The van der Waals surface area contributed by atoms with Crippen molar-refractivity contribution in [1.29, 1.82) is 0 Å². The molecule has 2 rings (SSSR count). The van der Waals surface area contributed by atoms with Gasteiger partial charge in [0.05, 0.1) is 12.2 Å². The fourth-order valence-corrected chi connectivity index (χ4v) is 3.56. The Morgan fingerprint density at radius 3 is 2.37 bits per heavy atom. The lowest BCUT2D eigenvalue weighted by Crippen LogP contribution is -2.46. The van der Waals surface area contributed by atoms with Gasteiger partial charge in [0.1, 0.15) is 0 Å². The SMILES string of the molecule is CCC1NC(C(C)C)C(=O)N1C1CCC(C)(C)CC1. The highest BCUT2D eigenvalue weighted by Gasteiger charge is 2.44. The van der Waals surface area contributed by atoms with Gasteiger partial charge in [0.2, 0.25) is 5.91 Å². The summed E-state index contributed by atoms with van der Waals surface area (Å²) in [5, 5.41) is 3.53. The average molecular weight is 266 g/mol. The van der Waals surface area contributed by atoms with Gasteiger partial charge in [0.25, 0.3) is 0 Å². The Labute approximate surface area is 118 Å². The molecule has 1 saturated heterocycles. The number of nitrogens with one attached hydrogen (secondary N) is 1. The summed E-state index contributed by atoms with van der Waals surface area (Å²) in [4.78, 5) is 14.8. The van der Waals surface area contributed by atoms with Crippen LogP contribution in [0.15, 0.2) is 0 Å². The summed E-state index contributed by atoms with van der Waals surface area (Å²) >= 11 is 0. The third kappa shape index (κ3) is 2.96. The smallest absolute Gasteiger partial charge is 0.241 e. The van der Waals surface area contributed by atoms with Gasteiger partial charge in [0, 0.05) is 6.04 Å². The average Bonchev–Trinajstić information content (AvgIpc) is 2.67. The second-order valence-electron chi connectivity index (χ2n) is 7.45. The van der Waals surface area contributed by atoms with Crippen molar-refractivity contribution in [2.45, 2.75) is 85.0 Å². The highest BCUT2D eigenvalue weighted by Crippen LogP contribution is 2.38. The molecule has 0 bridgehead atoms. The molecule has 0 aromatic heterocycles. The van der Waals surface area contributed by atoms with E-state index >= 15 is 0 Å². The minimum absolute atomic E-state index is 0.0277. The zero-order chi connectivity index (χ0) is 14.2. The zero-order valence-electron chi connectivity index (χ0n) is 13.2. The Balaban J connectivity index is 2.08. The number of nitrogens with zero attached hydrogens (tertiary/aromatic N) is 1. The van der Waals surface area contributed by atoms with Crippen molar-refractivity contribution in [2.75, 3.05) is 0 Å². The first kappa shape index (κ1) is 14.8. The maximum absolute atomic E-state index is 12.6. The summed E-state index contributed by atoms with van der Waals surface area (Å²) in [7, 11) is 0. The van der Waals surface area contributed by atoms with Crippen LogP contribution in [0.3, 0.4) is 0 Å². The lowest BCUT2D eigenvalue weighted by atomic mass is 9.75. The van der Waals surface area contributed by atoms with Crippen molar-refractivity contribution in [2.24, 2.45) is 11.3 Å². The Kier molecular flexibility index (Phi) is 4.24. The number of hydrogen-bond donors (Lipinski definition) is 1. The van der Waals surface area contributed by atoms with Crippen LogP contribution in [0.4, 0.5) is 0 Å². The molecule has 3 nitrogen and oxygen atoms in total. The monoisotopic (exact) mass is 266 g/mol. The largest absolute Gasteiger partial charge is 0.323 e. The maximum atomic E-state index is 12.6. The molecular weight excluding hydrogens is 236 g/mol. The van der Waals surface area contributed by atoms with Crippen LogP contribution in [-0.4, -0.2) is 29.1 Å². The number of amides is 1. The van der Waals surface area contributed by atoms with Crippen LogP contribution in [-0.2, 0) is 4.79 Å². The highest BCUT2D eigenvalue weighted by atomic mass is 16.2. The van der Waals surface area contributed by atoms with Crippen LogP contribution in [0.5, 0.6) is 0 Å². The first-order valence-electron chi connectivity index (χ1n) is 7.94. The van der Waals surface area contributed by atoms with Crippen LogP contribution in [0.25, 0.3) is 0 Å². The van der Waals surface area contributed by atoms with E-state index in [9.17, 15) is 4.79 Å². The van der Waals surface area contributed by atoms with Crippen LogP contribution < -0.4 is 5.32 Å². The van der Waals surface area contributed by atoms with E-state index in [1.807, 2.05) is 0 Å². The minimum atomic E-state index is 0.0277. The molecule has 1 N–H and O–H groups in total. The standard InChI is InChI=1S/C16H30N2O/c1-6-13-17-14(11(2)3)15(19)18(13)12-7-9-16(4,5)10-8-12/h11-14,17H,6-10H2,1-5H3. The summed E-state index contributed by atoms with van der Waals surface area (Å²) < 4.78 is 0. The highest BCUT2D eigenvalue weighted by molar-refractivity contribution is 5.85. The second-order valence-corrected chi connectivity index (χ2v) is 7.45. The van der Waals surface area contributed by atoms with Gasteiger partial charge in [-0.1, -0.05) is 34.6 Å². The van der Waals surface area contributed by atoms with Crippen molar-refractivity contribution >= 4 is 5.91 Å². The molecule has 0 spiro atoms. The molecule has 2 fully saturated rings. The van der Waals surface area contributed by atoms with Crippen LogP contribution in [0.2, 0.25) is 0 Å². The predicted molar refractivity (Wildman–Crippen MR) is 78.7 cm³/mol.